The second-order valence-corrected chi connectivity index (χ2v) is 11.6. The maximum absolute atomic E-state index is 12.2. The summed E-state index contributed by atoms with van der Waals surface area (Å²) in [4.78, 5) is 13.6. The summed E-state index contributed by atoms with van der Waals surface area (Å²) >= 11 is 0. The summed E-state index contributed by atoms with van der Waals surface area (Å²) < 4.78 is 0. The van der Waals surface area contributed by atoms with Gasteiger partial charge in [0.1, 0.15) is 12.0 Å². The van der Waals surface area contributed by atoms with E-state index in [1.807, 2.05) is 0 Å². The molecule has 0 saturated carbocycles. The van der Waals surface area contributed by atoms with E-state index in [0.29, 0.717) is 17.3 Å². The maximum atomic E-state index is 12.2. The molecule has 0 radical (unpaired) electrons. The van der Waals surface area contributed by atoms with E-state index in [-0.39, 0.29) is 5.91 Å². The van der Waals surface area contributed by atoms with E-state index >= 15 is 0 Å². The van der Waals surface area contributed by atoms with Crippen molar-refractivity contribution in [2.75, 3.05) is 17.3 Å². The molecule has 0 fully saturated rings. The molecule has 2 nitrogen and oxygen atoms in total. The molecule has 0 aliphatic rings. The molecule has 1 amide bonds. The van der Waals surface area contributed by atoms with Gasteiger partial charge in [0.05, 0.1) is 0 Å². The lowest BCUT2D eigenvalue weighted by Crippen LogP contribution is -2.11. The molecule has 3 heteroatoms. The number of rotatable bonds is 21. The normalized spacial score (nSPS) is 12.1. The monoisotopic (exact) mass is 462 g/mol. The average molecular weight is 463 g/mol. The van der Waals surface area contributed by atoms with Crippen LogP contribution in [0.25, 0.3) is 0 Å². The van der Waals surface area contributed by atoms with E-state index in [4.69, 9.17) is 0 Å². The first kappa shape index (κ1) is 29.1. The third-order valence-corrected chi connectivity index (χ3v) is 8.33. The molecule has 1 rings (SSSR count). The van der Waals surface area contributed by atoms with Crippen molar-refractivity contribution in [1.29, 1.82) is 0 Å². The van der Waals surface area contributed by atoms with Crippen molar-refractivity contribution in [3.63, 3.8) is 0 Å². The molecule has 0 saturated heterocycles. The van der Waals surface area contributed by atoms with E-state index < -0.39 is 0 Å². The van der Waals surface area contributed by atoms with Crippen LogP contribution in [0.3, 0.4) is 0 Å². The number of unbranched alkanes of at least 4 members (excludes halogenated alkanes) is 15. The highest BCUT2D eigenvalue weighted by atomic mass is 32.2. The first-order valence-corrected chi connectivity index (χ1v) is 15.5. The Hall–Kier alpha value is -0.960. The molecule has 1 aromatic rings. The van der Waals surface area contributed by atoms with Crippen molar-refractivity contribution >= 4 is 22.5 Å². The zero-order valence-corrected chi connectivity index (χ0v) is 22.4. The smallest absolute Gasteiger partial charge is 0.224 e. The van der Waals surface area contributed by atoms with Crippen LogP contribution in [0, 0.1) is 0 Å². The largest absolute Gasteiger partial charge is 0.326 e. The Morgan fingerprint density at radius 2 is 1.09 bits per heavy atom. The molecule has 0 heterocycles. The van der Waals surface area contributed by atoms with Gasteiger partial charge in [-0.1, -0.05) is 110 Å². The van der Waals surface area contributed by atoms with Gasteiger partial charge in [0, 0.05) is 23.0 Å². The highest BCUT2D eigenvalue weighted by molar-refractivity contribution is 7.96. The zero-order chi connectivity index (χ0) is 23.3. The van der Waals surface area contributed by atoms with Crippen LogP contribution in [-0.2, 0) is 15.7 Å². The molecule has 0 aromatic heterocycles. The summed E-state index contributed by atoms with van der Waals surface area (Å²) in [6.07, 6.45) is 25.9. The lowest BCUT2D eigenvalue weighted by atomic mass is 10.0. The molecule has 0 aliphatic heterocycles. The number of nitrogens with one attached hydrogen (secondary N) is 1. The van der Waals surface area contributed by atoms with E-state index in [1.54, 1.807) is 0 Å². The van der Waals surface area contributed by atoms with E-state index in [2.05, 4.69) is 49.7 Å². The number of anilines is 1. The Balaban J connectivity index is 1.94. The van der Waals surface area contributed by atoms with Crippen LogP contribution < -0.4 is 5.32 Å². The zero-order valence-electron chi connectivity index (χ0n) is 21.6. The van der Waals surface area contributed by atoms with Gasteiger partial charge in [-0.25, -0.2) is 0 Å². The Labute approximate surface area is 203 Å². The predicted octanol–water partition coefficient (Wildman–Crippen LogP) is 9.29. The van der Waals surface area contributed by atoms with Crippen molar-refractivity contribution in [3.05, 3.63) is 24.3 Å². The summed E-state index contributed by atoms with van der Waals surface area (Å²) in [7, 11) is 0.319. The molecule has 1 unspecified atom stereocenters. The van der Waals surface area contributed by atoms with E-state index in [9.17, 15) is 4.79 Å². The van der Waals surface area contributed by atoms with Gasteiger partial charge in [-0.05, 0) is 37.1 Å². The molecule has 32 heavy (non-hydrogen) atoms. The molecule has 0 bridgehead atoms. The van der Waals surface area contributed by atoms with Crippen molar-refractivity contribution < 1.29 is 4.79 Å². The minimum absolute atomic E-state index is 0.161. The Kier molecular flexibility index (Phi) is 18.7. The van der Waals surface area contributed by atoms with Crippen LogP contribution in [0.4, 0.5) is 5.69 Å². The predicted molar refractivity (Wildman–Crippen MR) is 146 cm³/mol. The van der Waals surface area contributed by atoms with Gasteiger partial charge in [0.2, 0.25) is 5.91 Å². The molecular formula is C29H52NOS+. The Morgan fingerprint density at radius 3 is 1.56 bits per heavy atom. The Bertz CT molecular complexity index is 557. The maximum Gasteiger partial charge on any atom is 0.224 e. The second kappa shape index (κ2) is 20.6. The summed E-state index contributed by atoms with van der Waals surface area (Å²) in [5.74, 6) is 1.43. The van der Waals surface area contributed by atoms with Crippen LogP contribution in [0.1, 0.15) is 129 Å². The molecular weight excluding hydrogens is 410 g/mol. The minimum atomic E-state index is 0.161. The SMILES string of the molecule is CCCCCCCCCCCCCCCCCC(=O)Nc1ccc([S+](C)CCCC)cc1. The van der Waals surface area contributed by atoms with Crippen LogP contribution in [-0.4, -0.2) is 17.9 Å². The van der Waals surface area contributed by atoms with Crippen molar-refractivity contribution in [2.24, 2.45) is 0 Å². The summed E-state index contributed by atoms with van der Waals surface area (Å²) in [5.41, 5.74) is 0.937. The number of hydrogen-bond acceptors (Lipinski definition) is 1. The van der Waals surface area contributed by atoms with Crippen LogP contribution in [0.15, 0.2) is 29.2 Å². The summed E-state index contributed by atoms with van der Waals surface area (Å²) in [5, 5.41) is 3.06. The van der Waals surface area contributed by atoms with Gasteiger partial charge >= 0.3 is 0 Å². The third-order valence-electron chi connectivity index (χ3n) is 6.35. The van der Waals surface area contributed by atoms with E-state index in [0.717, 1.165) is 12.1 Å². The first-order valence-electron chi connectivity index (χ1n) is 13.7. The topological polar surface area (TPSA) is 29.1 Å². The van der Waals surface area contributed by atoms with Gasteiger partial charge in [-0.2, -0.15) is 0 Å². The minimum Gasteiger partial charge on any atom is -0.326 e. The number of carbonyl (C=O) groups is 1. The highest BCUT2D eigenvalue weighted by Gasteiger charge is 2.14. The van der Waals surface area contributed by atoms with Gasteiger partial charge < -0.3 is 5.32 Å². The standard InChI is InChI=1S/C29H51NOS/c1-4-6-8-9-10-11-12-13-14-15-16-17-18-19-20-21-29(31)30-27-22-24-28(25-23-27)32(3)26-7-5-2/h22-25H,4-21,26H2,1-3H3/p+1. The molecule has 184 valence electrons. The van der Waals surface area contributed by atoms with Crippen LogP contribution in [0.2, 0.25) is 0 Å². The molecule has 1 N–H and O–H groups in total. The first-order chi connectivity index (χ1) is 15.7. The number of benzene rings is 1. The van der Waals surface area contributed by atoms with E-state index in [1.165, 1.54) is 113 Å². The number of carbonyl (C=O) groups excluding carboxylic acids is 1. The molecule has 1 atom stereocenters. The highest BCUT2D eigenvalue weighted by Crippen LogP contribution is 2.18. The van der Waals surface area contributed by atoms with Crippen molar-refractivity contribution in [1.82, 2.24) is 0 Å². The van der Waals surface area contributed by atoms with Crippen LogP contribution in [0.5, 0.6) is 0 Å². The van der Waals surface area contributed by atoms with Gasteiger partial charge in [-0.15, -0.1) is 0 Å². The van der Waals surface area contributed by atoms with Gasteiger partial charge in [-0.3, -0.25) is 4.79 Å². The third kappa shape index (κ3) is 15.8. The summed E-state index contributed by atoms with van der Waals surface area (Å²) in [6.45, 7) is 4.53. The lowest BCUT2D eigenvalue weighted by molar-refractivity contribution is -0.116. The molecule has 0 spiro atoms. The Morgan fingerprint density at radius 1 is 0.656 bits per heavy atom. The molecule has 0 aliphatic carbocycles. The van der Waals surface area contributed by atoms with Crippen LogP contribution >= 0.6 is 0 Å². The fourth-order valence-corrected chi connectivity index (χ4v) is 5.69. The van der Waals surface area contributed by atoms with Crippen molar-refractivity contribution in [2.45, 2.75) is 134 Å². The molecule has 1 aromatic carbocycles. The lowest BCUT2D eigenvalue weighted by Gasteiger charge is -2.07. The quantitative estimate of drug-likeness (QED) is 0.143. The number of amides is 1. The second-order valence-electron chi connectivity index (χ2n) is 9.47. The fourth-order valence-electron chi connectivity index (χ4n) is 4.13. The summed E-state index contributed by atoms with van der Waals surface area (Å²) in [6, 6.07) is 8.49. The fraction of sp³-hybridized carbons (Fsp3) is 0.759. The van der Waals surface area contributed by atoms with Crippen molar-refractivity contribution in [3.8, 4) is 0 Å². The average Bonchev–Trinajstić information content (AvgIpc) is 2.80. The van der Waals surface area contributed by atoms with Gasteiger partial charge in [0.15, 0.2) is 4.90 Å². The van der Waals surface area contributed by atoms with Gasteiger partial charge in [0.25, 0.3) is 0 Å². The number of hydrogen-bond donors (Lipinski definition) is 1.